The first kappa shape index (κ1) is 30.0. The number of aromatic carboxylic acids is 2. The quantitative estimate of drug-likeness (QED) is 0.424. The molecule has 0 bridgehead atoms. The maximum Gasteiger partial charge on any atom is 0.336 e. The number of carbonyl (C=O) groups is 3. The van der Waals surface area contributed by atoms with E-state index >= 15 is 0 Å². The normalized spacial score (nSPS) is 17.2. The molecule has 0 radical (unpaired) electrons. The highest BCUT2D eigenvalue weighted by Crippen LogP contribution is 2.42. The molecule has 2 saturated heterocycles. The average Bonchev–Trinajstić information content (AvgIpc) is 3.17. The molecule has 5 rings (SSSR count). The first-order valence-electron chi connectivity index (χ1n) is 12.4. The molecule has 0 unspecified atom stereocenters. The van der Waals surface area contributed by atoms with Crippen LogP contribution in [0.25, 0.3) is 11.1 Å². The lowest BCUT2D eigenvalue weighted by Gasteiger charge is -2.28. The second-order valence-electron chi connectivity index (χ2n) is 9.42. The standard InChI is InChI=1S/C27H30N2O7.2ClH/c30-25-22-16-18(26(31)32)1-2-19(22)21-15-17(3-5-28-7-11-35-12-8-28)23(27(33)34)20(24(21)25)4-6-29-9-13-36-14-10-29;;/h1-2,15-16H,3-14H2,(H,31,32)(H,33,34);2*1H. The molecule has 0 amide bonds. The number of carboxylic acids is 2. The molecule has 2 aromatic rings. The minimum atomic E-state index is -1.11. The topological polar surface area (TPSA) is 117 Å². The van der Waals surface area contributed by atoms with E-state index in [0.29, 0.717) is 85.7 Å². The van der Waals surface area contributed by atoms with Crippen LogP contribution in [-0.4, -0.2) is 103 Å². The van der Waals surface area contributed by atoms with Gasteiger partial charge in [0.15, 0.2) is 5.78 Å². The maximum atomic E-state index is 13.6. The van der Waals surface area contributed by atoms with Gasteiger partial charge >= 0.3 is 11.9 Å². The SMILES string of the molecule is Cl.Cl.O=C(O)c1ccc2c(c1)C(=O)c1c-2cc(CCN2CCOCC2)c(C(=O)O)c1CCN1CCOCC1. The highest BCUT2D eigenvalue weighted by Gasteiger charge is 2.34. The lowest BCUT2D eigenvalue weighted by Crippen LogP contribution is -2.38. The van der Waals surface area contributed by atoms with Gasteiger partial charge in [0.05, 0.1) is 37.6 Å². The summed E-state index contributed by atoms with van der Waals surface area (Å²) in [6.45, 7) is 7.03. The number of hydrogen-bond acceptors (Lipinski definition) is 7. The van der Waals surface area contributed by atoms with Crippen molar-refractivity contribution in [2.75, 3.05) is 65.7 Å². The Morgan fingerprint density at radius 2 is 1.34 bits per heavy atom. The zero-order valence-corrected chi connectivity index (χ0v) is 22.6. The number of ether oxygens (including phenoxy) is 2. The Kier molecular flexibility index (Phi) is 10.3. The van der Waals surface area contributed by atoms with E-state index in [0.717, 1.165) is 26.2 Å². The number of benzene rings is 2. The Morgan fingerprint density at radius 1 is 0.763 bits per heavy atom. The summed E-state index contributed by atoms with van der Waals surface area (Å²) in [5, 5.41) is 19.8. The van der Waals surface area contributed by atoms with Gasteiger partial charge in [-0.15, -0.1) is 24.8 Å². The molecule has 206 valence electrons. The summed E-state index contributed by atoms with van der Waals surface area (Å²) in [6, 6.07) is 6.40. The number of morpholine rings is 2. The van der Waals surface area contributed by atoms with Gasteiger partial charge in [0, 0.05) is 50.4 Å². The first-order valence-corrected chi connectivity index (χ1v) is 12.4. The average molecular weight is 567 g/mol. The van der Waals surface area contributed by atoms with E-state index in [-0.39, 0.29) is 41.7 Å². The van der Waals surface area contributed by atoms with Crippen molar-refractivity contribution >= 4 is 42.5 Å². The Bertz CT molecular complexity index is 1210. The number of carbonyl (C=O) groups excluding carboxylic acids is 1. The van der Waals surface area contributed by atoms with Crippen molar-refractivity contribution in [3.63, 3.8) is 0 Å². The van der Waals surface area contributed by atoms with E-state index in [2.05, 4.69) is 9.80 Å². The van der Waals surface area contributed by atoms with Crippen LogP contribution in [-0.2, 0) is 22.3 Å². The van der Waals surface area contributed by atoms with Gasteiger partial charge in [-0.1, -0.05) is 6.07 Å². The smallest absolute Gasteiger partial charge is 0.336 e. The van der Waals surface area contributed by atoms with E-state index in [1.165, 1.54) is 12.1 Å². The van der Waals surface area contributed by atoms with E-state index in [1.54, 1.807) is 6.07 Å². The van der Waals surface area contributed by atoms with Gasteiger partial charge in [-0.25, -0.2) is 9.59 Å². The zero-order chi connectivity index (χ0) is 25.2. The predicted octanol–water partition coefficient (Wildman–Crippen LogP) is 2.89. The highest BCUT2D eigenvalue weighted by molar-refractivity contribution is 6.24. The lowest BCUT2D eigenvalue weighted by molar-refractivity contribution is 0.0381. The van der Waals surface area contributed by atoms with Crippen LogP contribution >= 0.6 is 24.8 Å². The molecule has 9 nitrogen and oxygen atoms in total. The summed E-state index contributed by atoms with van der Waals surface area (Å²) in [6.07, 6.45) is 0.955. The van der Waals surface area contributed by atoms with Crippen molar-refractivity contribution < 1.29 is 34.1 Å². The van der Waals surface area contributed by atoms with Gasteiger partial charge in [-0.2, -0.15) is 0 Å². The number of halogens is 2. The summed E-state index contributed by atoms with van der Waals surface area (Å²) in [4.78, 5) is 42.2. The molecule has 2 N–H and O–H groups in total. The van der Waals surface area contributed by atoms with Gasteiger partial charge in [0.25, 0.3) is 0 Å². The molecule has 0 saturated carbocycles. The Hall–Kier alpha value is -2.53. The summed E-state index contributed by atoms with van der Waals surface area (Å²) >= 11 is 0. The van der Waals surface area contributed by atoms with Crippen molar-refractivity contribution in [1.29, 1.82) is 0 Å². The van der Waals surface area contributed by atoms with Crippen molar-refractivity contribution in [3.8, 4) is 11.1 Å². The molecular weight excluding hydrogens is 535 g/mol. The minimum Gasteiger partial charge on any atom is -0.478 e. The number of carboxylic acid groups (broad SMARTS) is 2. The Balaban J connectivity index is 0.00000200. The second kappa shape index (κ2) is 13.0. The molecule has 0 aromatic heterocycles. The van der Waals surface area contributed by atoms with Gasteiger partial charge in [-0.05, 0) is 53.3 Å². The van der Waals surface area contributed by atoms with Crippen LogP contribution in [0.1, 0.15) is 47.8 Å². The third kappa shape index (κ3) is 6.03. The number of fused-ring (bicyclic) bond motifs is 3. The molecule has 11 heteroatoms. The van der Waals surface area contributed by atoms with E-state index < -0.39 is 11.9 Å². The molecule has 0 spiro atoms. The molecule has 2 aromatic carbocycles. The van der Waals surface area contributed by atoms with Crippen molar-refractivity contribution in [2.24, 2.45) is 0 Å². The highest BCUT2D eigenvalue weighted by atomic mass is 35.5. The van der Waals surface area contributed by atoms with Crippen molar-refractivity contribution in [3.05, 3.63) is 57.6 Å². The number of rotatable bonds is 8. The molecular formula is C27H32Cl2N2O7. The van der Waals surface area contributed by atoms with Crippen LogP contribution in [0.3, 0.4) is 0 Å². The van der Waals surface area contributed by atoms with Crippen LogP contribution in [0.2, 0.25) is 0 Å². The summed E-state index contributed by atoms with van der Waals surface area (Å²) in [5.74, 6) is -2.45. The van der Waals surface area contributed by atoms with E-state index in [4.69, 9.17) is 9.47 Å². The van der Waals surface area contributed by atoms with Gasteiger partial charge in [-0.3, -0.25) is 14.6 Å². The molecule has 38 heavy (non-hydrogen) atoms. The van der Waals surface area contributed by atoms with E-state index in [1.807, 2.05) is 6.07 Å². The molecule has 2 fully saturated rings. The Labute approximate surface area is 233 Å². The van der Waals surface area contributed by atoms with Gasteiger partial charge < -0.3 is 19.7 Å². The Morgan fingerprint density at radius 3 is 1.89 bits per heavy atom. The summed E-state index contributed by atoms with van der Waals surface area (Å²) in [5.41, 5.74) is 3.57. The molecule has 0 atom stereocenters. The molecule has 2 aliphatic heterocycles. The van der Waals surface area contributed by atoms with Crippen LogP contribution in [0.4, 0.5) is 0 Å². The fraction of sp³-hybridized carbons (Fsp3) is 0.444. The number of hydrogen-bond donors (Lipinski definition) is 2. The molecule has 2 heterocycles. The summed E-state index contributed by atoms with van der Waals surface area (Å²) < 4.78 is 10.9. The fourth-order valence-corrected chi connectivity index (χ4v) is 5.42. The number of ketones is 1. The van der Waals surface area contributed by atoms with Crippen LogP contribution < -0.4 is 0 Å². The predicted molar refractivity (Wildman–Crippen MR) is 146 cm³/mol. The largest absolute Gasteiger partial charge is 0.478 e. The van der Waals surface area contributed by atoms with Gasteiger partial charge in [0.2, 0.25) is 0 Å². The first-order chi connectivity index (χ1) is 17.4. The summed E-state index contributed by atoms with van der Waals surface area (Å²) in [7, 11) is 0. The zero-order valence-electron chi connectivity index (χ0n) is 20.9. The van der Waals surface area contributed by atoms with Crippen LogP contribution in [0.5, 0.6) is 0 Å². The van der Waals surface area contributed by atoms with Crippen LogP contribution in [0.15, 0.2) is 24.3 Å². The lowest BCUT2D eigenvalue weighted by atomic mass is 9.88. The maximum absolute atomic E-state index is 13.6. The minimum absolute atomic E-state index is 0. The molecule has 3 aliphatic rings. The third-order valence-corrected chi connectivity index (χ3v) is 7.34. The van der Waals surface area contributed by atoms with E-state index in [9.17, 15) is 24.6 Å². The van der Waals surface area contributed by atoms with Crippen molar-refractivity contribution in [2.45, 2.75) is 12.8 Å². The third-order valence-electron chi connectivity index (χ3n) is 7.34. The fourth-order valence-electron chi connectivity index (χ4n) is 5.42. The monoisotopic (exact) mass is 566 g/mol. The van der Waals surface area contributed by atoms with Gasteiger partial charge in [0.1, 0.15) is 0 Å². The van der Waals surface area contributed by atoms with Crippen LogP contribution in [0, 0.1) is 0 Å². The molecule has 1 aliphatic carbocycles. The van der Waals surface area contributed by atoms with Crippen molar-refractivity contribution in [1.82, 2.24) is 9.80 Å². The number of nitrogens with zero attached hydrogens (tertiary/aromatic N) is 2. The second-order valence-corrected chi connectivity index (χ2v) is 9.42.